The van der Waals surface area contributed by atoms with Crippen molar-refractivity contribution in [3.8, 4) is 11.5 Å². The largest absolute Gasteiger partial charge is 0.494 e. The van der Waals surface area contributed by atoms with Crippen LogP contribution >= 0.6 is 11.6 Å². The highest BCUT2D eigenvalue weighted by atomic mass is 35.5. The van der Waals surface area contributed by atoms with Crippen molar-refractivity contribution in [2.75, 3.05) is 6.61 Å². The molecule has 0 fully saturated rings. The molecule has 0 radical (unpaired) electrons. The van der Waals surface area contributed by atoms with Gasteiger partial charge >= 0.3 is 0 Å². The molecule has 4 nitrogen and oxygen atoms in total. The normalized spacial score (nSPS) is 10.3. The molecule has 1 aromatic heterocycles. The van der Waals surface area contributed by atoms with Crippen LogP contribution in [0.25, 0.3) is 0 Å². The third-order valence-corrected chi connectivity index (χ3v) is 2.57. The van der Waals surface area contributed by atoms with Gasteiger partial charge in [0.25, 0.3) is 0 Å². The summed E-state index contributed by atoms with van der Waals surface area (Å²) in [4.78, 5) is 8.35. The van der Waals surface area contributed by atoms with Crippen LogP contribution in [0.4, 0.5) is 0 Å². The first-order chi connectivity index (χ1) is 9.17. The molecule has 0 unspecified atom stereocenters. The standard InChI is InChI=1S/C14H15ClN2O2/c1-3-18-11-4-6-12(7-5-11)19-9-14-16-10(2)8-13(15)17-14/h4-8H,3,9H2,1-2H3. The van der Waals surface area contributed by atoms with E-state index in [2.05, 4.69) is 9.97 Å². The summed E-state index contributed by atoms with van der Waals surface area (Å²) >= 11 is 5.86. The number of benzene rings is 1. The van der Waals surface area contributed by atoms with Gasteiger partial charge in [-0.2, -0.15) is 0 Å². The summed E-state index contributed by atoms with van der Waals surface area (Å²) in [5, 5.41) is 0.429. The fourth-order valence-corrected chi connectivity index (χ4v) is 1.86. The predicted octanol–water partition coefficient (Wildman–Crippen LogP) is 3.42. The second kappa shape index (κ2) is 6.38. The molecule has 100 valence electrons. The highest BCUT2D eigenvalue weighted by molar-refractivity contribution is 6.29. The molecule has 0 aliphatic rings. The molecule has 0 aliphatic heterocycles. The lowest BCUT2D eigenvalue weighted by molar-refractivity contribution is 0.294. The predicted molar refractivity (Wildman–Crippen MR) is 73.7 cm³/mol. The number of hydrogen-bond acceptors (Lipinski definition) is 4. The Balaban J connectivity index is 1.98. The minimum Gasteiger partial charge on any atom is -0.494 e. The maximum Gasteiger partial charge on any atom is 0.167 e. The molecule has 0 saturated heterocycles. The molecule has 0 spiro atoms. The topological polar surface area (TPSA) is 44.2 Å². The van der Waals surface area contributed by atoms with Crippen molar-refractivity contribution in [3.63, 3.8) is 0 Å². The third-order valence-electron chi connectivity index (χ3n) is 2.37. The quantitative estimate of drug-likeness (QED) is 0.786. The van der Waals surface area contributed by atoms with E-state index in [1.165, 1.54) is 0 Å². The molecule has 19 heavy (non-hydrogen) atoms. The van der Waals surface area contributed by atoms with Crippen molar-refractivity contribution in [1.82, 2.24) is 9.97 Å². The lowest BCUT2D eigenvalue weighted by Gasteiger charge is -2.07. The van der Waals surface area contributed by atoms with Gasteiger partial charge in [-0.15, -0.1) is 0 Å². The first kappa shape index (κ1) is 13.6. The van der Waals surface area contributed by atoms with Gasteiger partial charge in [0, 0.05) is 5.69 Å². The van der Waals surface area contributed by atoms with Gasteiger partial charge < -0.3 is 9.47 Å². The Kier molecular flexibility index (Phi) is 4.58. The first-order valence-corrected chi connectivity index (χ1v) is 6.41. The molecule has 0 bridgehead atoms. The maximum absolute atomic E-state index is 5.86. The minimum atomic E-state index is 0.287. The van der Waals surface area contributed by atoms with Crippen LogP contribution < -0.4 is 9.47 Å². The molecular formula is C14H15ClN2O2. The van der Waals surface area contributed by atoms with E-state index in [1.807, 2.05) is 38.1 Å². The van der Waals surface area contributed by atoms with Crippen molar-refractivity contribution in [2.45, 2.75) is 20.5 Å². The van der Waals surface area contributed by atoms with E-state index >= 15 is 0 Å². The number of ether oxygens (including phenoxy) is 2. The van der Waals surface area contributed by atoms with Crippen molar-refractivity contribution < 1.29 is 9.47 Å². The second-order valence-electron chi connectivity index (χ2n) is 3.94. The van der Waals surface area contributed by atoms with Gasteiger partial charge in [-0.3, -0.25) is 0 Å². The maximum atomic E-state index is 5.86. The highest BCUT2D eigenvalue weighted by Gasteiger charge is 2.02. The minimum absolute atomic E-state index is 0.287. The zero-order valence-corrected chi connectivity index (χ0v) is 11.6. The summed E-state index contributed by atoms with van der Waals surface area (Å²) in [6.07, 6.45) is 0. The summed E-state index contributed by atoms with van der Waals surface area (Å²) < 4.78 is 11.0. The molecular weight excluding hydrogens is 264 g/mol. The van der Waals surface area contributed by atoms with Gasteiger partial charge in [-0.25, -0.2) is 9.97 Å². The van der Waals surface area contributed by atoms with Crippen molar-refractivity contribution >= 4 is 11.6 Å². The van der Waals surface area contributed by atoms with Crippen LogP contribution in [0, 0.1) is 6.92 Å². The molecule has 0 amide bonds. The fraction of sp³-hybridized carbons (Fsp3) is 0.286. The Bertz CT molecular complexity index is 523. The number of halogens is 1. The summed E-state index contributed by atoms with van der Waals surface area (Å²) in [6, 6.07) is 9.14. The number of aryl methyl sites for hydroxylation is 1. The summed E-state index contributed by atoms with van der Waals surface area (Å²) in [5.74, 6) is 2.13. The average Bonchev–Trinajstić information content (AvgIpc) is 2.37. The van der Waals surface area contributed by atoms with Crippen LogP contribution in [0.15, 0.2) is 30.3 Å². The number of nitrogens with zero attached hydrogens (tertiary/aromatic N) is 2. The smallest absolute Gasteiger partial charge is 0.167 e. The van der Waals surface area contributed by atoms with Gasteiger partial charge in [0.05, 0.1) is 6.61 Å². The highest BCUT2D eigenvalue weighted by Crippen LogP contribution is 2.18. The van der Waals surface area contributed by atoms with E-state index in [-0.39, 0.29) is 6.61 Å². The van der Waals surface area contributed by atoms with Crippen molar-refractivity contribution in [2.24, 2.45) is 0 Å². The third kappa shape index (κ3) is 4.10. The average molecular weight is 279 g/mol. The number of aromatic nitrogens is 2. The Hall–Kier alpha value is -1.81. The van der Waals surface area contributed by atoms with E-state index in [4.69, 9.17) is 21.1 Å². The molecule has 1 heterocycles. The fourth-order valence-electron chi connectivity index (χ4n) is 1.60. The van der Waals surface area contributed by atoms with Crippen LogP contribution in [0.2, 0.25) is 5.15 Å². The monoisotopic (exact) mass is 278 g/mol. The van der Waals surface area contributed by atoms with Gasteiger partial charge in [-0.1, -0.05) is 11.6 Å². The molecule has 0 aliphatic carbocycles. The molecule has 0 N–H and O–H groups in total. The second-order valence-corrected chi connectivity index (χ2v) is 4.33. The Morgan fingerprint density at radius 3 is 2.26 bits per heavy atom. The van der Waals surface area contributed by atoms with Gasteiger partial charge in [0.1, 0.15) is 23.3 Å². The van der Waals surface area contributed by atoms with Gasteiger partial charge in [0.15, 0.2) is 5.82 Å². The van der Waals surface area contributed by atoms with E-state index in [0.717, 1.165) is 17.2 Å². The van der Waals surface area contributed by atoms with Crippen molar-refractivity contribution in [1.29, 1.82) is 0 Å². The van der Waals surface area contributed by atoms with Gasteiger partial charge in [-0.05, 0) is 44.2 Å². The zero-order chi connectivity index (χ0) is 13.7. The Labute approximate surface area is 117 Å². The number of rotatable bonds is 5. The van der Waals surface area contributed by atoms with E-state index in [9.17, 15) is 0 Å². The number of hydrogen-bond donors (Lipinski definition) is 0. The van der Waals surface area contributed by atoms with Crippen LogP contribution in [-0.4, -0.2) is 16.6 Å². The molecule has 2 aromatic rings. The molecule has 2 rings (SSSR count). The summed E-state index contributed by atoms with van der Waals surface area (Å²) in [5.41, 5.74) is 0.824. The lowest BCUT2D eigenvalue weighted by Crippen LogP contribution is -2.02. The lowest BCUT2D eigenvalue weighted by atomic mass is 10.3. The van der Waals surface area contributed by atoms with Crippen LogP contribution in [0.3, 0.4) is 0 Å². The van der Waals surface area contributed by atoms with E-state index in [1.54, 1.807) is 6.07 Å². The van der Waals surface area contributed by atoms with Crippen LogP contribution in [0.1, 0.15) is 18.4 Å². The Morgan fingerprint density at radius 2 is 1.68 bits per heavy atom. The van der Waals surface area contributed by atoms with Crippen LogP contribution in [0.5, 0.6) is 11.5 Å². The van der Waals surface area contributed by atoms with E-state index in [0.29, 0.717) is 17.6 Å². The van der Waals surface area contributed by atoms with Gasteiger partial charge in [0.2, 0.25) is 0 Å². The SMILES string of the molecule is CCOc1ccc(OCc2nc(C)cc(Cl)n2)cc1. The van der Waals surface area contributed by atoms with E-state index < -0.39 is 0 Å². The van der Waals surface area contributed by atoms with Crippen LogP contribution in [-0.2, 0) is 6.61 Å². The molecule has 0 saturated carbocycles. The first-order valence-electron chi connectivity index (χ1n) is 6.03. The summed E-state index contributed by atoms with van der Waals surface area (Å²) in [7, 11) is 0. The molecule has 0 atom stereocenters. The van der Waals surface area contributed by atoms with Crippen molar-refractivity contribution in [3.05, 3.63) is 47.0 Å². The Morgan fingerprint density at radius 1 is 1.05 bits per heavy atom. The zero-order valence-electron chi connectivity index (χ0n) is 10.9. The molecule has 1 aromatic carbocycles. The summed E-state index contributed by atoms with van der Waals surface area (Å²) in [6.45, 7) is 4.75. The molecule has 5 heteroatoms.